The van der Waals surface area contributed by atoms with Crippen molar-refractivity contribution in [2.45, 2.75) is 64.3 Å². The average molecular weight is 420 g/mol. The number of Topliss-reactive ketones (excluding diaryl/α,β-unsaturated/α-hetero) is 1. The summed E-state index contributed by atoms with van der Waals surface area (Å²) in [5, 5.41) is 3.38. The van der Waals surface area contributed by atoms with Gasteiger partial charge in [-0.1, -0.05) is 38.2 Å². The van der Waals surface area contributed by atoms with Crippen molar-refractivity contribution in [1.29, 1.82) is 0 Å². The molecule has 3 rings (SSSR count). The summed E-state index contributed by atoms with van der Waals surface area (Å²) in [6.07, 6.45) is 8.05. The molecule has 0 amide bonds. The van der Waals surface area contributed by atoms with Crippen LogP contribution in [0.5, 0.6) is 0 Å². The Kier molecular flexibility index (Phi) is 8.82. The molecule has 1 N–H and O–H groups in total. The zero-order chi connectivity index (χ0) is 21.3. The van der Waals surface area contributed by atoms with Gasteiger partial charge in [-0.2, -0.15) is 0 Å². The number of esters is 1. The Morgan fingerprint density at radius 1 is 1.13 bits per heavy atom. The molecule has 1 saturated heterocycles. The van der Waals surface area contributed by atoms with Gasteiger partial charge in [-0.3, -0.25) is 4.79 Å². The highest BCUT2D eigenvalue weighted by molar-refractivity contribution is 5.90. The van der Waals surface area contributed by atoms with Crippen molar-refractivity contribution in [3.8, 4) is 0 Å². The molecule has 1 aliphatic heterocycles. The van der Waals surface area contributed by atoms with Crippen molar-refractivity contribution < 1.29 is 23.5 Å². The molecule has 0 aromatic heterocycles. The predicted molar refractivity (Wildman–Crippen MR) is 113 cm³/mol. The summed E-state index contributed by atoms with van der Waals surface area (Å²) in [4.78, 5) is 25.0. The Morgan fingerprint density at radius 2 is 1.93 bits per heavy atom. The largest absolute Gasteiger partial charge is 0.462 e. The van der Waals surface area contributed by atoms with E-state index in [1.54, 1.807) is 6.07 Å². The van der Waals surface area contributed by atoms with E-state index in [-0.39, 0.29) is 30.4 Å². The van der Waals surface area contributed by atoms with Gasteiger partial charge >= 0.3 is 5.97 Å². The lowest BCUT2D eigenvalue weighted by molar-refractivity contribution is -0.121. The summed E-state index contributed by atoms with van der Waals surface area (Å²) in [7, 11) is 0. The van der Waals surface area contributed by atoms with Gasteiger partial charge in [-0.05, 0) is 49.4 Å². The monoisotopic (exact) mass is 419 g/mol. The zero-order valence-electron chi connectivity index (χ0n) is 18.0. The highest BCUT2D eigenvalue weighted by Gasteiger charge is 2.37. The number of ketones is 1. The molecule has 0 bridgehead atoms. The minimum absolute atomic E-state index is 0.0957. The highest BCUT2D eigenvalue weighted by atomic mass is 19.1. The van der Waals surface area contributed by atoms with Gasteiger partial charge in [0.1, 0.15) is 5.82 Å². The molecule has 5 nitrogen and oxygen atoms in total. The van der Waals surface area contributed by atoms with Crippen molar-refractivity contribution in [2.24, 2.45) is 11.8 Å². The Bertz CT molecular complexity index is 717. The van der Waals surface area contributed by atoms with Gasteiger partial charge in [0.05, 0.1) is 18.2 Å². The van der Waals surface area contributed by atoms with Crippen molar-refractivity contribution >= 4 is 11.8 Å². The number of carbonyl (C=O) groups is 2. The van der Waals surface area contributed by atoms with E-state index in [2.05, 4.69) is 5.32 Å². The van der Waals surface area contributed by atoms with E-state index >= 15 is 0 Å². The number of ether oxygens (including phenoxy) is 2. The summed E-state index contributed by atoms with van der Waals surface area (Å²) in [6.45, 7) is 4.08. The number of hydrogen-bond acceptors (Lipinski definition) is 5. The smallest absolute Gasteiger partial charge is 0.341 e. The maximum atomic E-state index is 14.5. The van der Waals surface area contributed by atoms with Gasteiger partial charge in [0.25, 0.3) is 0 Å². The average Bonchev–Trinajstić information content (AvgIpc) is 3.24. The molecular weight excluding hydrogens is 385 g/mol. The molecule has 2 fully saturated rings. The molecule has 166 valence electrons. The molecule has 2 aliphatic rings. The van der Waals surface area contributed by atoms with Crippen LogP contribution in [0.1, 0.15) is 67.8 Å². The van der Waals surface area contributed by atoms with Crippen LogP contribution in [0.25, 0.3) is 0 Å². The number of halogens is 1. The number of benzene rings is 1. The van der Waals surface area contributed by atoms with E-state index < -0.39 is 11.8 Å². The SMILES string of the molecule is CCOCCCOC(=O)c1ccc(CC(=O)[C@H]2NCC[C@H]2C2CCCCC2)cc1F. The number of carbonyl (C=O) groups excluding carboxylic acids is 2. The molecule has 6 heteroatoms. The summed E-state index contributed by atoms with van der Waals surface area (Å²) < 4.78 is 24.8. The summed E-state index contributed by atoms with van der Waals surface area (Å²) in [5.41, 5.74) is 0.503. The lowest BCUT2D eigenvalue weighted by Crippen LogP contribution is -2.40. The minimum atomic E-state index is -0.684. The third-order valence-electron chi connectivity index (χ3n) is 6.37. The molecule has 2 atom stereocenters. The molecular formula is C24H34FNO4. The standard InChI is InChI=1S/C24H34FNO4/c1-2-29-13-6-14-30-24(28)20-10-9-17(15-21(20)25)16-22(27)23-19(11-12-26-23)18-7-4-3-5-8-18/h9-10,15,18-19,23,26H,2-8,11-14,16H2,1H3/t19-,23-/m0/s1. The molecule has 1 aliphatic carbocycles. The van der Waals surface area contributed by atoms with Crippen LogP contribution in [0, 0.1) is 17.7 Å². The van der Waals surface area contributed by atoms with E-state index in [0.29, 0.717) is 37.0 Å². The number of rotatable bonds is 10. The minimum Gasteiger partial charge on any atom is -0.462 e. The Labute approximate surface area is 178 Å². The highest BCUT2D eigenvalue weighted by Crippen LogP contribution is 2.36. The molecule has 0 radical (unpaired) electrons. The number of hydrogen-bond donors (Lipinski definition) is 1. The van der Waals surface area contributed by atoms with Crippen molar-refractivity contribution in [3.63, 3.8) is 0 Å². The maximum absolute atomic E-state index is 14.5. The first kappa shape index (κ1) is 22.9. The summed E-state index contributed by atoms with van der Waals surface area (Å²) >= 11 is 0. The van der Waals surface area contributed by atoms with E-state index in [1.165, 1.54) is 44.2 Å². The Balaban J connectivity index is 1.54. The number of nitrogens with one attached hydrogen (secondary N) is 1. The molecule has 0 unspecified atom stereocenters. The summed E-state index contributed by atoms with van der Waals surface area (Å²) in [6, 6.07) is 4.23. The molecule has 0 spiro atoms. The van der Waals surface area contributed by atoms with Gasteiger partial charge in [0.15, 0.2) is 5.78 Å². The van der Waals surface area contributed by atoms with Crippen LogP contribution < -0.4 is 5.32 Å². The Hall–Kier alpha value is -1.79. The van der Waals surface area contributed by atoms with E-state index in [4.69, 9.17) is 9.47 Å². The molecule has 1 heterocycles. The summed E-state index contributed by atoms with van der Waals surface area (Å²) in [5.74, 6) is -0.184. The van der Waals surface area contributed by atoms with Crippen LogP contribution in [-0.4, -0.2) is 44.2 Å². The lowest BCUT2D eigenvalue weighted by atomic mass is 9.75. The molecule has 1 saturated carbocycles. The maximum Gasteiger partial charge on any atom is 0.341 e. The molecule has 30 heavy (non-hydrogen) atoms. The van der Waals surface area contributed by atoms with Crippen LogP contribution in [-0.2, 0) is 20.7 Å². The normalized spacial score (nSPS) is 22.2. The van der Waals surface area contributed by atoms with Gasteiger partial charge in [-0.25, -0.2) is 9.18 Å². The third kappa shape index (κ3) is 6.11. The first-order valence-corrected chi connectivity index (χ1v) is 11.4. The lowest BCUT2D eigenvalue weighted by Gasteiger charge is -2.30. The van der Waals surface area contributed by atoms with Crippen LogP contribution >= 0.6 is 0 Å². The second kappa shape index (κ2) is 11.6. The first-order valence-electron chi connectivity index (χ1n) is 11.4. The quantitative estimate of drug-likeness (QED) is 0.457. The van der Waals surface area contributed by atoms with E-state index in [9.17, 15) is 14.0 Å². The second-order valence-electron chi connectivity index (χ2n) is 8.43. The van der Waals surface area contributed by atoms with Crippen LogP contribution in [0.4, 0.5) is 4.39 Å². The fourth-order valence-corrected chi connectivity index (χ4v) is 4.84. The first-order chi connectivity index (χ1) is 14.6. The second-order valence-corrected chi connectivity index (χ2v) is 8.43. The van der Waals surface area contributed by atoms with E-state index in [1.807, 2.05) is 6.92 Å². The zero-order valence-corrected chi connectivity index (χ0v) is 18.0. The van der Waals surface area contributed by atoms with Gasteiger partial charge in [0.2, 0.25) is 0 Å². The Morgan fingerprint density at radius 3 is 2.67 bits per heavy atom. The van der Waals surface area contributed by atoms with Crippen LogP contribution in [0.2, 0.25) is 0 Å². The van der Waals surface area contributed by atoms with Crippen molar-refractivity contribution in [1.82, 2.24) is 5.32 Å². The topological polar surface area (TPSA) is 64.6 Å². The van der Waals surface area contributed by atoms with Crippen molar-refractivity contribution in [2.75, 3.05) is 26.4 Å². The fourth-order valence-electron chi connectivity index (χ4n) is 4.84. The predicted octanol–water partition coefficient (Wildman–Crippen LogP) is 4.08. The van der Waals surface area contributed by atoms with Gasteiger partial charge < -0.3 is 14.8 Å². The van der Waals surface area contributed by atoms with Gasteiger partial charge in [0, 0.05) is 26.1 Å². The third-order valence-corrected chi connectivity index (χ3v) is 6.37. The van der Waals surface area contributed by atoms with Crippen LogP contribution in [0.15, 0.2) is 18.2 Å². The van der Waals surface area contributed by atoms with Gasteiger partial charge in [-0.15, -0.1) is 0 Å². The fraction of sp³-hybridized carbons (Fsp3) is 0.667. The molecule has 1 aromatic rings. The van der Waals surface area contributed by atoms with Crippen LogP contribution in [0.3, 0.4) is 0 Å². The van der Waals surface area contributed by atoms with E-state index in [0.717, 1.165) is 13.0 Å². The molecule has 1 aromatic carbocycles. The van der Waals surface area contributed by atoms with Crippen molar-refractivity contribution in [3.05, 3.63) is 35.1 Å².